The number of carbonyl (C=O) groups is 1. The van der Waals surface area contributed by atoms with Crippen LogP contribution in [0.5, 0.6) is 0 Å². The van der Waals surface area contributed by atoms with E-state index in [9.17, 15) is 4.79 Å². The van der Waals surface area contributed by atoms with Crippen LogP contribution in [0.3, 0.4) is 0 Å². The number of fused-ring (bicyclic) bond motifs is 1. The summed E-state index contributed by atoms with van der Waals surface area (Å²) < 4.78 is 7.50. The van der Waals surface area contributed by atoms with E-state index in [4.69, 9.17) is 4.74 Å². The lowest BCUT2D eigenvalue weighted by atomic mass is 10.2. The number of carbonyl (C=O) groups excluding carboxylic acids is 1. The first kappa shape index (κ1) is 10.2. The smallest absolute Gasteiger partial charge is 0.435 e. The lowest BCUT2D eigenvalue weighted by molar-refractivity contribution is 0.0523. The molecular formula is C10H12N2O2S. The Morgan fingerprint density at radius 2 is 2.27 bits per heavy atom. The van der Waals surface area contributed by atoms with Gasteiger partial charge in [-0.15, -0.1) is 11.3 Å². The van der Waals surface area contributed by atoms with E-state index in [0.29, 0.717) is 0 Å². The molecule has 2 aromatic rings. The Kier molecular flexibility index (Phi) is 2.26. The van der Waals surface area contributed by atoms with Crippen molar-refractivity contribution in [3.8, 4) is 0 Å². The molecule has 4 nitrogen and oxygen atoms in total. The van der Waals surface area contributed by atoms with Crippen molar-refractivity contribution in [1.82, 2.24) is 9.78 Å². The van der Waals surface area contributed by atoms with E-state index in [1.807, 2.05) is 32.2 Å². The maximum atomic E-state index is 11.7. The van der Waals surface area contributed by atoms with Crippen molar-refractivity contribution in [2.45, 2.75) is 26.4 Å². The summed E-state index contributed by atoms with van der Waals surface area (Å²) in [5.41, 5.74) is 0.306. The fourth-order valence-electron chi connectivity index (χ4n) is 1.21. The first-order valence-corrected chi connectivity index (χ1v) is 5.50. The van der Waals surface area contributed by atoms with Crippen LogP contribution < -0.4 is 0 Å². The zero-order valence-corrected chi connectivity index (χ0v) is 9.67. The summed E-state index contributed by atoms with van der Waals surface area (Å²) in [7, 11) is 0. The molecule has 0 atom stereocenters. The predicted octanol–water partition coefficient (Wildman–Crippen LogP) is 2.88. The van der Waals surface area contributed by atoms with Crippen LogP contribution >= 0.6 is 11.3 Å². The van der Waals surface area contributed by atoms with Gasteiger partial charge in [0.1, 0.15) is 5.60 Å². The molecule has 0 fully saturated rings. The van der Waals surface area contributed by atoms with Crippen LogP contribution in [0.25, 0.3) is 10.2 Å². The second kappa shape index (κ2) is 3.34. The summed E-state index contributed by atoms with van der Waals surface area (Å²) in [5, 5.41) is 5.92. The Hall–Kier alpha value is -1.36. The molecule has 2 rings (SSSR count). The molecule has 0 aliphatic rings. The normalized spacial score (nSPS) is 11.9. The van der Waals surface area contributed by atoms with Crippen LogP contribution in [-0.2, 0) is 4.74 Å². The lowest BCUT2D eigenvalue weighted by Crippen LogP contribution is -2.27. The minimum absolute atomic E-state index is 0.434. The number of thiophene rings is 1. The van der Waals surface area contributed by atoms with Crippen LogP contribution in [0.15, 0.2) is 17.6 Å². The van der Waals surface area contributed by atoms with E-state index in [2.05, 4.69) is 5.10 Å². The number of hydrogen-bond acceptors (Lipinski definition) is 4. The van der Waals surface area contributed by atoms with Crippen LogP contribution in [0.2, 0.25) is 0 Å². The van der Waals surface area contributed by atoms with Crippen molar-refractivity contribution >= 4 is 27.6 Å². The Labute approximate surface area is 91.5 Å². The van der Waals surface area contributed by atoms with Gasteiger partial charge >= 0.3 is 6.09 Å². The number of aromatic nitrogens is 2. The Morgan fingerprint density at radius 1 is 1.53 bits per heavy atom. The maximum Gasteiger partial charge on any atom is 0.435 e. The van der Waals surface area contributed by atoms with E-state index in [1.54, 1.807) is 17.5 Å². The quantitative estimate of drug-likeness (QED) is 0.691. The zero-order valence-electron chi connectivity index (χ0n) is 8.85. The van der Waals surface area contributed by atoms with E-state index < -0.39 is 11.7 Å². The summed E-state index contributed by atoms with van der Waals surface area (Å²) in [4.78, 5) is 11.7. The highest BCUT2D eigenvalue weighted by molar-refractivity contribution is 7.17. The molecule has 0 saturated carbocycles. The van der Waals surface area contributed by atoms with Gasteiger partial charge in [-0.1, -0.05) is 0 Å². The lowest BCUT2D eigenvalue weighted by Gasteiger charge is -2.18. The summed E-state index contributed by atoms with van der Waals surface area (Å²) >= 11 is 1.55. The van der Waals surface area contributed by atoms with Gasteiger partial charge in [-0.25, -0.2) is 4.79 Å². The summed E-state index contributed by atoms with van der Waals surface area (Å²) in [6.45, 7) is 5.50. The molecule has 2 heterocycles. The molecule has 2 aromatic heterocycles. The molecule has 0 amide bonds. The van der Waals surface area contributed by atoms with Crippen molar-refractivity contribution in [2.24, 2.45) is 0 Å². The van der Waals surface area contributed by atoms with E-state index in [0.717, 1.165) is 10.2 Å². The first-order valence-electron chi connectivity index (χ1n) is 4.62. The third-order valence-electron chi connectivity index (χ3n) is 1.76. The number of ether oxygens (including phenoxy) is 1. The molecular weight excluding hydrogens is 212 g/mol. The Bertz CT molecular complexity index is 493. The Balaban J connectivity index is 2.32. The van der Waals surface area contributed by atoms with Gasteiger partial charge in [0.15, 0.2) is 0 Å². The molecule has 0 aromatic carbocycles. The maximum absolute atomic E-state index is 11.7. The van der Waals surface area contributed by atoms with E-state index in [1.165, 1.54) is 4.68 Å². The van der Waals surface area contributed by atoms with Crippen molar-refractivity contribution < 1.29 is 9.53 Å². The third-order valence-corrected chi connectivity index (χ3v) is 2.60. The van der Waals surface area contributed by atoms with E-state index >= 15 is 0 Å². The largest absolute Gasteiger partial charge is 0.442 e. The van der Waals surface area contributed by atoms with Gasteiger partial charge in [-0.2, -0.15) is 9.78 Å². The highest BCUT2D eigenvalue weighted by atomic mass is 32.1. The van der Waals surface area contributed by atoms with Gasteiger partial charge in [0.2, 0.25) is 0 Å². The number of rotatable bonds is 0. The number of nitrogens with zero attached hydrogens (tertiary/aromatic N) is 2. The standard InChI is InChI=1S/C10H12N2O2S/c1-10(2,3)14-9(13)12-7-4-5-15-8(7)6-11-12/h4-6H,1-3H3. The average Bonchev–Trinajstić information content (AvgIpc) is 2.57. The topological polar surface area (TPSA) is 44.1 Å². The second-order valence-corrected chi connectivity index (χ2v) is 5.15. The molecule has 0 aliphatic heterocycles. The summed E-state index contributed by atoms with van der Waals surface area (Å²) in [6, 6.07) is 1.86. The fourth-order valence-corrected chi connectivity index (χ4v) is 1.94. The molecule has 0 radical (unpaired) electrons. The highest BCUT2D eigenvalue weighted by Gasteiger charge is 2.19. The minimum atomic E-state index is -0.495. The van der Waals surface area contributed by atoms with Gasteiger partial charge in [0.25, 0.3) is 0 Å². The monoisotopic (exact) mass is 224 g/mol. The second-order valence-electron chi connectivity index (χ2n) is 4.21. The third kappa shape index (κ3) is 2.02. The summed E-state index contributed by atoms with van der Waals surface area (Å²) in [6.07, 6.45) is 1.24. The van der Waals surface area contributed by atoms with Crippen molar-refractivity contribution in [3.63, 3.8) is 0 Å². The number of hydrogen-bond donors (Lipinski definition) is 0. The fraction of sp³-hybridized carbons (Fsp3) is 0.400. The van der Waals surface area contributed by atoms with Gasteiger partial charge in [-0.3, -0.25) is 0 Å². The van der Waals surface area contributed by atoms with Gasteiger partial charge in [0.05, 0.1) is 16.4 Å². The van der Waals surface area contributed by atoms with Gasteiger partial charge in [0, 0.05) is 0 Å². The van der Waals surface area contributed by atoms with Crippen LogP contribution in [0.1, 0.15) is 20.8 Å². The molecule has 0 unspecified atom stereocenters. The van der Waals surface area contributed by atoms with Crippen LogP contribution in [0, 0.1) is 0 Å². The molecule has 0 bridgehead atoms. The van der Waals surface area contributed by atoms with Gasteiger partial charge in [-0.05, 0) is 32.2 Å². The van der Waals surface area contributed by atoms with Crippen molar-refractivity contribution in [1.29, 1.82) is 0 Å². The molecule has 80 valence electrons. The van der Waals surface area contributed by atoms with Crippen LogP contribution in [-0.4, -0.2) is 21.5 Å². The molecule has 0 N–H and O–H groups in total. The van der Waals surface area contributed by atoms with Crippen molar-refractivity contribution in [2.75, 3.05) is 0 Å². The minimum Gasteiger partial charge on any atom is -0.442 e. The Morgan fingerprint density at radius 3 is 2.93 bits per heavy atom. The zero-order chi connectivity index (χ0) is 11.1. The molecule has 15 heavy (non-hydrogen) atoms. The van der Waals surface area contributed by atoms with E-state index in [-0.39, 0.29) is 0 Å². The highest BCUT2D eigenvalue weighted by Crippen LogP contribution is 2.20. The summed E-state index contributed by atoms with van der Waals surface area (Å²) in [5.74, 6) is 0. The molecule has 5 heteroatoms. The average molecular weight is 224 g/mol. The molecule has 0 saturated heterocycles. The van der Waals surface area contributed by atoms with Crippen molar-refractivity contribution in [3.05, 3.63) is 17.6 Å². The van der Waals surface area contributed by atoms with Gasteiger partial charge < -0.3 is 4.74 Å². The predicted molar refractivity (Wildman–Crippen MR) is 59.2 cm³/mol. The molecule has 0 aliphatic carbocycles. The SMILES string of the molecule is CC(C)(C)OC(=O)n1ncc2sccc21. The molecule has 0 spiro atoms. The van der Waals surface area contributed by atoms with Crippen LogP contribution in [0.4, 0.5) is 4.79 Å². The first-order chi connectivity index (χ1) is 6.97.